The molecule has 1 amide bonds. The molecule has 5 nitrogen and oxygen atoms in total. The summed E-state index contributed by atoms with van der Waals surface area (Å²) >= 11 is 1.59. The molecule has 0 unspecified atom stereocenters. The maximum Gasteiger partial charge on any atom is 0.255 e. The standard InChI is InChI=1S/C24H24N2O3S2/c1-2-31(28,29)26-16-8-9-18-17-19(14-15-22(18)26)24(27)25-21-12-6-7-13-23(21)30-20-10-4-3-5-11-20/h3-7,10-15,17H,2,8-9,16H2,1H3,(H,25,27). The highest BCUT2D eigenvalue weighted by Crippen LogP contribution is 2.34. The molecule has 160 valence electrons. The number of hydrogen-bond acceptors (Lipinski definition) is 4. The van der Waals surface area contributed by atoms with Crippen LogP contribution in [0.15, 0.2) is 82.6 Å². The number of anilines is 2. The zero-order chi connectivity index (χ0) is 21.8. The lowest BCUT2D eigenvalue weighted by Crippen LogP contribution is -2.36. The van der Waals surface area contributed by atoms with Crippen molar-refractivity contribution in [3.05, 3.63) is 83.9 Å². The first-order valence-electron chi connectivity index (χ1n) is 10.2. The first-order valence-corrected chi connectivity index (χ1v) is 12.7. The maximum atomic E-state index is 13.0. The van der Waals surface area contributed by atoms with Gasteiger partial charge in [-0.1, -0.05) is 42.1 Å². The number of rotatable bonds is 6. The quantitative estimate of drug-likeness (QED) is 0.559. The largest absolute Gasteiger partial charge is 0.321 e. The minimum absolute atomic E-state index is 0.0601. The summed E-state index contributed by atoms with van der Waals surface area (Å²) < 4.78 is 26.3. The molecule has 3 aromatic rings. The Labute approximate surface area is 187 Å². The normalized spacial score (nSPS) is 13.5. The molecule has 0 fully saturated rings. The van der Waals surface area contributed by atoms with E-state index in [9.17, 15) is 13.2 Å². The van der Waals surface area contributed by atoms with E-state index in [1.165, 1.54) is 4.31 Å². The van der Waals surface area contributed by atoms with Crippen LogP contribution in [0.3, 0.4) is 0 Å². The van der Waals surface area contributed by atoms with Crippen molar-refractivity contribution >= 4 is 39.1 Å². The molecule has 0 saturated carbocycles. The molecule has 0 radical (unpaired) electrons. The molecule has 0 aliphatic carbocycles. The number of hydrogen-bond donors (Lipinski definition) is 1. The van der Waals surface area contributed by atoms with Gasteiger partial charge >= 0.3 is 0 Å². The topological polar surface area (TPSA) is 66.5 Å². The van der Waals surface area contributed by atoms with Gasteiger partial charge in [0.25, 0.3) is 5.91 Å². The van der Waals surface area contributed by atoms with Crippen molar-refractivity contribution in [1.82, 2.24) is 0 Å². The molecule has 1 aliphatic heterocycles. The molecule has 1 aliphatic rings. The molecule has 0 aromatic heterocycles. The van der Waals surface area contributed by atoms with Crippen LogP contribution in [0, 0.1) is 0 Å². The molecule has 1 N–H and O–H groups in total. The Morgan fingerprint density at radius 3 is 2.55 bits per heavy atom. The van der Waals surface area contributed by atoms with E-state index in [4.69, 9.17) is 0 Å². The molecule has 0 atom stereocenters. The summed E-state index contributed by atoms with van der Waals surface area (Å²) in [4.78, 5) is 15.0. The highest BCUT2D eigenvalue weighted by Gasteiger charge is 2.26. The lowest BCUT2D eigenvalue weighted by atomic mass is 10.0. The van der Waals surface area contributed by atoms with Crippen molar-refractivity contribution in [3.8, 4) is 0 Å². The summed E-state index contributed by atoms with van der Waals surface area (Å²) in [6.45, 7) is 2.13. The lowest BCUT2D eigenvalue weighted by Gasteiger charge is -2.30. The Balaban J connectivity index is 1.57. The third kappa shape index (κ3) is 4.78. The average Bonchev–Trinajstić information content (AvgIpc) is 2.80. The summed E-state index contributed by atoms with van der Waals surface area (Å²) in [5.41, 5.74) is 2.84. The molecule has 31 heavy (non-hydrogen) atoms. The van der Waals surface area contributed by atoms with Gasteiger partial charge in [0.1, 0.15) is 0 Å². The zero-order valence-corrected chi connectivity index (χ0v) is 18.9. The van der Waals surface area contributed by atoms with E-state index in [0.29, 0.717) is 17.8 Å². The Morgan fingerprint density at radius 2 is 1.77 bits per heavy atom. The lowest BCUT2D eigenvalue weighted by molar-refractivity contribution is 0.102. The van der Waals surface area contributed by atoms with E-state index >= 15 is 0 Å². The van der Waals surface area contributed by atoms with Crippen LogP contribution >= 0.6 is 11.8 Å². The number of aryl methyl sites for hydroxylation is 1. The van der Waals surface area contributed by atoms with Crippen molar-refractivity contribution in [2.45, 2.75) is 29.6 Å². The molecule has 7 heteroatoms. The van der Waals surface area contributed by atoms with Crippen LogP contribution in [-0.2, 0) is 16.4 Å². The van der Waals surface area contributed by atoms with Crippen LogP contribution in [0.4, 0.5) is 11.4 Å². The highest BCUT2D eigenvalue weighted by atomic mass is 32.2. The maximum absolute atomic E-state index is 13.0. The van der Waals surface area contributed by atoms with Gasteiger partial charge in [-0.3, -0.25) is 9.10 Å². The monoisotopic (exact) mass is 452 g/mol. The van der Waals surface area contributed by atoms with Crippen LogP contribution in [0.25, 0.3) is 0 Å². The summed E-state index contributed by atoms with van der Waals surface area (Å²) in [5, 5.41) is 3.01. The van der Waals surface area contributed by atoms with E-state index in [2.05, 4.69) is 5.32 Å². The SMILES string of the molecule is CCS(=O)(=O)N1CCCc2cc(C(=O)Nc3ccccc3Sc3ccccc3)ccc21. The van der Waals surface area contributed by atoms with Crippen LogP contribution < -0.4 is 9.62 Å². The fourth-order valence-corrected chi connectivity index (χ4v) is 5.74. The fraction of sp³-hybridized carbons (Fsp3) is 0.208. The molecule has 4 rings (SSSR count). The molecule has 0 bridgehead atoms. The van der Waals surface area contributed by atoms with Crippen molar-refractivity contribution in [3.63, 3.8) is 0 Å². The molecule has 1 heterocycles. The predicted octanol–water partition coefficient (Wildman–Crippen LogP) is 5.19. The van der Waals surface area contributed by atoms with E-state index < -0.39 is 10.0 Å². The first-order chi connectivity index (χ1) is 15.0. The minimum atomic E-state index is -3.32. The van der Waals surface area contributed by atoms with Gasteiger partial charge in [0.15, 0.2) is 0 Å². The van der Waals surface area contributed by atoms with Crippen molar-refractivity contribution < 1.29 is 13.2 Å². The number of benzene rings is 3. The van der Waals surface area contributed by atoms with Crippen LogP contribution in [-0.4, -0.2) is 26.6 Å². The molecular weight excluding hydrogens is 428 g/mol. The van der Waals surface area contributed by atoms with Gasteiger partial charge in [-0.05, 0) is 67.8 Å². The summed E-state index contributed by atoms with van der Waals surface area (Å²) in [5.74, 6) is -0.149. The van der Waals surface area contributed by atoms with Gasteiger partial charge < -0.3 is 5.32 Å². The summed E-state index contributed by atoms with van der Waals surface area (Å²) in [7, 11) is -3.32. The zero-order valence-electron chi connectivity index (χ0n) is 17.2. The van der Waals surface area contributed by atoms with Gasteiger partial charge in [0.05, 0.1) is 17.1 Å². The van der Waals surface area contributed by atoms with Gasteiger partial charge in [-0.15, -0.1) is 0 Å². The Bertz CT molecular complexity index is 1190. The van der Waals surface area contributed by atoms with Gasteiger partial charge in [0, 0.05) is 21.9 Å². The first kappa shape index (κ1) is 21.5. The second-order valence-corrected chi connectivity index (χ2v) is 10.6. The second-order valence-electron chi connectivity index (χ2n) is 7.29. The Morgan fingerprint density at radius 1 is 1.03 bits per heavy atom. The number of nitrogens with zero attached hydrogens (tertiary/aromatic N) is 1. The smallest absolute Gasteiger partial charge is 0.255 e. The van der Waals surface area contributed by atoms with Crippen molar-refractivity contribution in [2.75, 3.05) is 21.9 Å². The fourth-order valence-electron chi connectivity index (χ4n) is 3.62. The van der Waals surface area contributed by atoms with Crippen LogP contribution in [0.2, 0.25) is 0 Å². The third-order valence-corrected chi connectivity index (χ3v) is 8.09. The van der Waals surface area contributed by atoms with Crippen LogP contribution in [0.5, 0.6) is 0 Å². The van der Waals surface area contributed by atoms with Gasteiger partial charge in [-0.25, -0.2) is 8.42 Å². The number of carbonyl (C=O) groups is 1. The summed E-state index contributed by atoms with van der Waals surface area (Å²) in [6, 6.07) is 23.0. The highest BCUT2D eigenvalue weighted by molar-refractivity contribution is 7.99. The van der Waals surface area contributed by atoms with Crippen molar-refractivity contribution in [1.29, 1.82) is 0 Å². The molecular formula is C24H24N2O3S2. The average molecular weight is 453 g/mol. The van der Waals surface area contributed by atoms with Crippen molar-refractivity contribution in [2.24, 2.45) is 0 Å². The second kappa shape index (κ2) is 9.16. The Hall–Kier alpha value is -2.77. The predicted molar refractivity (Wildman–Crippen MR) is 127 cm³/mol. The number of fused-ring (bicyclic) bond motifs is 1. The number of para-hydroxylation sites is 1. The molecule has 0 spiro atoms. The number of sulfonamides is 1. The molecule has 0 saturated heterocycles. The van der Waals surface area contributed by atoms with Crippen LogP contribution in [0.1, 0.15) is 29.3 Å². The number of carbonyl (C=O) groups excluding carboxylic acids is 1. The van der Waals surface area contributed by atoms with E-state index in [1.54, 1.807) is 30.8 Å². The number of amides is 1. The Kier molecular flexibility index (Phi) is 6.34. The van der Waals surface area contributed by atoms with E-state index in [1.807, 2.05) is 60.7 Å². The number of nitrogens with one attached hydrogen (secondary N) is 1. The van der Waals surface area contributed by atoms with E-state index in [-0.39, 0.29) is 11.7 Å². The van der Waals surface area contributed by atoms with Gasteiger partial charge in [0.2, 0.25) is 10.0 Å². The third-order valence-electron chi connectivity index (χ3n) is 5.22. The van der Waals surface area contributed by atoms with E-state index in [0.717, 1.165) is 33.9 Å². The van der Waals surface area contributed by atoms with Gasteiger partial charge in [-0.2, -0.15) is 0 Å². The minimum Gasteiger partial charge on any atom is -0.321 e. The molecule has 3 aromatic carbocycles. The summed E-state index contributed by atoms with van der Waals surface area (Å²) in [6.07, 6.45) is 1.50.